The number of methoxy groups -OCH3 is 2. The van der Waals surface area contributed by atoms with Crippen LogP contribution in [-0.2, 0) is 10.0 Å². The average Bonchev–Trinajstić information content (AvgIpc) is 3.19. The fourth-order valence-corrected chi connectivity index (χ4v) is 4.36. The predicted molar refractivity (Wildman–Crippen MR) is 104 cm³/mol. The molecule has 1 aromatic heterocycles. The van der Waals surface area contributed by atoms with Gasteiger partial charge in [-0.25, -0.2) is 8.42 Å². The number of benzene rings is 2. The number of ether oxygens (including phenoxy) is 2. The molecule has 26 heavy (non-hydrogen) atoms. The van der Waals surface area contributed by atoms with E-state index in [4.69, 9.17) is 9.47 Å². The second-order valence-corrected chi connectivity index (χ2v) is 8.16. The first kappa shape index (κ1) is 18.1. The summed E-state index contributed by atoms with van der Waals surface area (Å²) < 4.78 is 37.9. The lowest BCUT2D eigenvalue weighted by atomic mass is 10.2. The second-order valence-electron chi connectivity index (χ2n) is 5.31. The number of anilines is 3. The van der Waals surface area contributed by atoms with E-state index in [1.807, 2.05) is 18.2 Å². The SMILES string of the molecule is COc1ccc(OC)c(Nc2ccc(NS(=O)(=O)c3cccs3)cc2)c1. The van der Waals surface area contributed by atoms with Gasteiger partial charge in [0.1, 0.15) is 15.7 Å². The minimum absolute atomic E-state index is 0.279. The van der Waals surface area contributed by atoms with Gasteiger partial charge in [-0.2, -0.15) is 0 Å². The van der Waals surface area contributed by atoms with Crippen molar-refractivity contribution in [3.63, 3.8) is 0 Å². The Bertz CT molecular complexity index is 969. The van der Waals surface area contributed by atoms with Crippen LogP contribution in [0, 0.1) is 0 Å². The van der Waals surface area contributed by atoms with E-state index < -0.39 is 10.0 Å². The van der Waals surface area contributed by atoms with Gasteiger partial charge in [0, 0.05) is 17.4 Å². The Balaban J connectivity index is 1.76. The van der Waals surface area contributed by atoms with Crippen LogP contribution in [0.25, 0.3) is 0 Å². The van der Waals surface area contributed by atoms with Crippen molar-refractivity contribution in [3.05, 3.63) is 60.0 Å². The molecule has 3 aromatic rings. The highest BCUT2D eigenvalue weighted by atomic mass is 32.2. The van der Waals surface area contributed by atoms with Crippen LogP contribution in [0.1, 0.15) is 0 Å². The molecule has 0 unspecified atom stereocenters. The fourth-order valence-electron chi connectivity index (χ4n) is 2.31. The first-order valence-electron chi connectivity index (χ1n) is 7.67. The topological polar surface area (TPSA) is 76.7 Å². The summed E-state index contributed by atoms with van der Waals surface area (Å²) in [5.41, 5.74) is 2.02. The zero-order valence-electron chi connectivity index (χ0n) is 14.2. The zero-order chi connectivity index (χ0) is 18.6. The van der Waals surface area contributed by atoms with Crippen molar-refractivity contribution in [2.75, 3.05) is 24.3 Å². The number of sulfonamides is 1. The highest BCUT2D eigenvalue weighted by Gasteiger charge is 2.15. The van der Waals surface area contributed by atoms with Crippen molar-refractivity contribution >= 4 is 38.4 Å². The Morgan fingerprint density at radius 1 is 0.923 bits per heavy atom. The van der Waals surface area contributed by atoms with E-state index in [0.717, 1.165) is 11.4 Å². The van der Waals surface area contributed by atoms with Crippen LogP contribution >= 0.6 is 11.3 Å². The lowest BCUT2D eigenvalue weighted by molar-refractivity contribution is 0.405. The van der Waals surface area contributed by atoms with Gasteiger partial charge < -0.3 is 14.8 Å². The van der Waals surface area contributed by atoms with E-state index in [1.165, 1.54) is 11.3 Å². The van der Waals surface area contributed by atoms with Gasteiger partial charge in [0.2, 0.25) is 0 Å². The summed E-state index contributed by atoms with van der Waals surface area (Å²) in [4.78, 5) is 0. The van der Waals surface area contributed by atoms with Crippen molar-refractivity contribution < 1.29 is 17.9 Å². The minimum atomic E-state index is -3.55. The lowest BCUT2D eigenvalue weighted by Crippen LogP contribution is -2.11. The summed E-state index contributed by atoms with van der Waals surface area (Å²) in [6.45, 7) is 0. The van der Waals surface area contributed by atoms with Crippen LogP contribution in [0.3, 0.4) is 0 Å². The van der Waals surface area contributed by atoms with E-state index in [1.54, 1.807) is 56.0 Å². The molecule has 6 nitrogen and oxygen atoms in total. The standard InChI is InChI=1S/C18H18N2O4S2/c1-23-15-9-10-17(24-2)16(12-15)19-13-5-7-14(8-6-13)20-26(21,22)18-4-3-11-25-18/h3-12,19-20H,1-2H3. The number of hydrogen-bond donors (Lipinski definition) is 2. The first-order valence-corrected chi connectivity index (χ1v) is 10.0. The van der Waals surface area contributed by atoms with Gasteiger partial charge >= 0.3 is 0 Å². The van der Waals surface area contributed by atoms with Crippen LogP contribution in [0.2, 0.25) is 0 Å². The molecule has 0 fully saturated rings. The summed E-state index contributed by atoms with van der Waals surface area (Å²) in [5.74, 6) is 1.38. The molecule has 8 heteroatoms. The van der Waals surface area contributed by atoms with Gasteiger partial charge in [-0.3, -0.25) is 4.72 Å². The molecule has 0 atom stereocenters. The second kappa shape index (κ2) is 7.67. The van der Waals surface area contributed by atoms with Gasteiger partial charge in [-0.15, -0.1) is 11.3 Å². The van der Waals surface area contributed by atoms with Crippen LogP contribution < -0.4 is 19.5 Å². The Kier molecular flexibility index (Phi) is 5.34. The van der Waals surface area contributed by atoms with Crippen LogP contribution in [0.5, 0.6) is 11.5 Å². The Hall–Kier alpha value is -2.71. The van der Waals surface area contributed by atoms with Gasteiger partial charge in [-0.05, 0) is 47.8 Å². The molecule has 0 amide bonds. The highest BCUT2D eigenvalue weighted by molar-refractivity contribution is 7.94. The summed E-state index contributed by atoms with van der Waals surface area (Å²) >= 11 is 1.17. The van der Waals surface area contributed by atoms with Crippen molar-refractivity contribution in [1.82, 2.24) is 0 Å². The van der Waals surface area contributed by atoms with Gasteiger partial charge in [0.25, 0.3) is 10.0 Å². The molecule has 2 aromatic carbocycles. The largest absolute Gasteiger partial charge is 0.497 e. The maximum atomic E-state index is 12.2. The average molecular weight is 390 g/mol. The molecule has 3 rings (SSSR count). The first-order chi connectivity index (χ1) is 12.5. The molecule has 0 aliphatic rings. The summed E-state index contributed by atoms with van der Waals surface area (Å²) in [6, 6.07) is 15.7. The summed E-state index contributed by atoms with van der Waals surface area (Å²) in [6.07, 6.45) is 0. The number of rotatable bonds is 7. The van der Waals surface area contributed by atoms with E-state index >= 15 is 0 Å². The van der Waals surface area contributed by atoms with E-state index in [9.17, 15) is 8.42 Å². The van der Waals surface area contributed by atoms with Crippen molar-refractivity contribution in [3.8, 4) is 11.5 Å². The number of hydrogen-bond acceptors (Lipinski definition) is 6. The normalized spacial score (nSPS) is 11.0. The van der Waals surface area contributed by atoms with Gasteiger partial charge in [0.05, 0.1) is 19.9 Å². The molecule has 0 saturated carbocycles. The Morgan fingerprint density at radius 2 is 1.65 bits per heavy atom. The molecule has 0 aliphatic heterocycles. The lowest BCUT2D eigenvalue weighted by Gasteiger charge is -2.13. The molecule has 136 valence electrons. The summed E-state index contributed by atoms with van der Waals surface area (Å²) in [7, 11) is -0.360. The molecule has 0 aliphatic carbocycles. The van der Waals surface area contributed by atoms with Crippen molar-refractivity contribution in [1.29, 1.82) is 0 Å². The zero-order valence-corrected chi connectivity index (χ0v) is 15.9. The molecular formula is C18H18N2O4S2. The van der Waals surface area contributed by atoms with Crippen LogP contribution in [-0.4, -0.2) is 22.6 Å². The van der Waals surface area contributed by atoms with Crippen molar-refractivity contribution in [2.45, 2.75) is 4.21 Å². The van der Waals surface area contributed by atoms with E-state index in [-0.39, 0.29) is 4.21 Å². The van der Waals surface area contributed by atoms with Gasteiger partial charge in [0.15, 0.2) is 0 Å². The Morgan fingerprint density at radius 3 is 2.27 bits per heavy atom. The fraction of sp³-hybridized carbons (Fsp3) is 0.111. The minimum Gasteiger partial charge on any atom is -0.497 e. The summed E-state index contributed by atoms with van der Waals surface area (Å²) in [5, 5.41) is 4.96. The van der Waals surface area contributed by atoms with E-state index in [2.05, 4.69) is 10.0 Å². The third kappa shape index (κ3) is 4.09. The van der Waals surface area contributed by atoms with Crippen molar-refractivity contribution in [2.24, 2.45) is 0 Å². The molecule has 0 spiro atoms. The number of thiophene rings is 1. The number of nitrogens with one attached hydrogen (secondary N) is 2. The predicted octanol–water partition coefficient (Wildman–Crippen LogP) is 4.31. The monoisotopic (exact) mass is 390 g/mol. The maximum Gasteiger partial charge on any atom is 0.271 e. The molecule has 2 N–H and O–H groups in total. The van der Waals surface area contributed by atoms with Crippen LogP contribution in [0.4, 0.5) is 17.1 Å². The van der Waals surface area contributed by atoms with E-state index in [0.29, 0.717) is 17.2 Å². The maximum absolute atomic E-state index is 12.2. The van der Waals surface area contributed by atoms with Crippen LogP contribution in [0.15, 0.2) is 64.2 Å². The quantitative estimate of drug-likeness (QED) is 0.629. The highest BCUT2D eigenvalue weighted by Crippen LogP contribution is 2.32. The Labute approximate surface area is 156 Å². The van der Waals surface area contributed by atoms with Gasteiger partial charge in [-0.1, -0.05) is 6.07 Å². The smallest absolute Gasteiger partial charge is 0.271 e. The molecular weight excluding hydrogens is 372 g/mol. The molecule has 0 bridgehead atoms. The molecule has 0 radical (unpaired) electrons. The third-order valence-electron chi connectivity index (χ3n) is 3.58. The molecule has 0 saturated heterocycles. The molecule has 1 heterocycles. The third-order valence-corrected chi connectivity index (χ3v) is 6.36.